The lowest BCUT2D eigenvalue weighted by molar-refractivity contribution is 0.488. The third-order valence-corrected chi connectivity index (χ3v) is 4.11. The predicted octanol–water partition coefficient (Wildman–Crippen LogP) is 6.63. The molecule has 0 aromatic carbocycles. The van der Waals surface area contributed by atoms with Crippen molar-refractivity contribution in [3.63, 3.8) is 0 Å². The van der Waals surface area contributed by atoms with Gasteiger partial charge in [0.25, 0.3) is 0 Å². The monoisotopic (exact) mass is 305 g/mol. The van der Waals surface area contributed by atoms with Gasteiger partial charge in [-0.3, -0.25) is 0 Å². The second-order valence-electron chi connectivity index (χ2n) is 6.23. The summed E-state index contributed by atoms with van der Waals surface area (Å²) in [5.41, 5.74) is 6.12. The Morgan fingerprint density at radius 3 is 1.30 bits per heavy atom. The molecular weight excluding hydrogens is 266 g/mol. The highest BCUT2D eigenvalue weighted by Gasteiger charge is 2.01. The fourth-order valence-electron chi connectivity index (χ4n) is 2.69. The van der Waals surface area contributed by atoms with Crippen LogP contribution in [0.2, 0.25) is 0 Å². The van der Waals surface area contributed by atoms with Gasteiger partial charge in [0.1, 0.15) is 0 Å². The van der Waals surface area contributed by atoms with Gasteiger partial charge in [0.15, 0.2) is 0 Å². The average Bonchev–Trinajstić information content (AvgIpc) is 2.41. The summed E-state index contributed by atoms with van der Waals surface area (Å²) < 4.78 is 0. The summed E-state index contributed by atoms with van der Waals surface area (Å²) in [4.78, 5) is 0. The number of hydrogen-bond donors (Lipinski definition) is 1. The Hall–Kier alpha value is 0.250. The number of unbranched alkanes of at least 4 members (excludes halogenated alkanes) is 11. The zero-order chi connectivity index (χ0) is 14.2. The van der Waals surface area contributed by atoms with Gasteiger partial charge in [-0.05, 0) is 12.8 Å². The first-order valence-corrected chi connectivity index (χ1v) is 9.06. The van der Waals surface area contributed by atoms with Crippen LogP contribution < -0.4 is 5.73 Å². The number of hydrogen-bond acceptors (Lipinski definition) is 1. The van der Waals surface area contributed by atoms with E-state index in [1.165, 1.54) is 96.3 Å². The van der Waals surface area contributed by atoms with Gasteiger partial charge in [0.2, 0.25) is 0 Å². The van der Waals surface area contributed by atoms with E-state index in [-0.39, 0.29) is 12.4 Å². The highest BCUT2D eigenvalue weighted by Crippen LogP contribution is 2.13. The fourth-order valence-corrected chi connectivity index (χ4v) is 2.69. The molecule has 0 bridgehead atoms. The fraction of sp³-hybridized carbons (Fsp3) is 1.00. The number of rotatable bonds is 15. The summed E-state index contributed by atoms with van der Waals surface area (Å²) in [6, 6.07) is 0.473. The minimum absolute atomic E-state index is 0. The Kier molecular flexibility index (Phi) is 21.7. The summed E-state index contributed by atoms with van der Waals surface area (Å²) in [6.07, 6.45) is 20.7. The maximum Gasteiger partial charge on any atom is 0.00388 e. The van der Waals surface area contributed by atoms with Crippen LogP contribution in [-0.2, 0) is 0 Å². The van der Waals surface area contributed by atoms with Crippen molar-refractivity contribution in [2.24, 2.45) is 5.73 Å². The molecule has 0 aliphatic rings. The van der Waals surface area contributed by atoms with E-state index in [2.05, 4.69) is 13.8 Å². The molecule has 124 valence electrons. The first-order valence-electron chi connectivity index (χ1n) is 9.06. The van der Waals surface area contributed by atoms with Crippen molar-refractivity contribution in [3.05, 3.63) is 0 Å². The lowest BCUT2D eigenvalue weighted by Gasteiger charge is -2.10. The van der Waals surface area contributed by atoms with Crippen molar-refractivity contribution >= 4 is 12.4 Å². The smallest absolute Gasteiger partial charge is 0.00388 e. The highest BCUT2D eigenvalue weighted by molar-refractivity contribution is 5.85. The summed E-state index contributed by atoms with van der Waals surface area (Å²) in [5, 5.41) is 0. The molecule has 0 amide bonds. The molecule has 1 atom stereocenters. The van der Waals surface area contributed by atoms with Crippen LogP contribution in [0, 0.1) is 0 Å². The van der Waals surface area contributed by atoms with Crippen molar-refractivity contribution < 1.29 is 0 Å². The predicted molar refractivity (Wildman–Crippen MR) is 95.8 cm³/mol. The second kappa shape index (κ2) is 19.2. The molecule has 0 saturated carbocycles. The molecule has 0 aromatic rings. The van der Waals surface area contributed by atoms with Crippen molar-refractivity contribution in [1.82, 2.24) is 0 Å². The molecule has 0 saturated heterocycles. The van der Waals surface area contributed by atoms with Crippen LogP contribution in [-0.4, -0.2) is 6.04 Å². The first-order chi connectivity index (χ1) is 9.31. The molecule has 0 aromatic heterocycles. The molecule has 2 heteroatoms. The maximum absolute atomic E-state index is 6.12. The van der Waals surface area contributed by atoms with Crippen LogP contribution >= 0.6 is 12.4 Å². The summed E-state index contributed by atoms with van der Waals surface area (Å²) in [5.74, 6) is 0. The lowest BCUT2D eigenvalue weighted by atomic mass is 10.0. The van der Waals surface area contributed by atoms with Crippen LogP contribution in [0.25, 0.3) is 0 Å². The first kappa shape index (κ1) is 22.5. The van der Waals surface area contributed by atoms with Gasteiger partial charge < -0.3 is 5.73 Å². The molecule has 1 unspecified atom stereocenters. The largest absolute Gasteiger partial charge is 0.328 e. The van der Waals surface area contributed by atoms with E-state index in [9.17, 15) is 0 Å². The van der Waals surface area contributed by atoms with Crippen LogP contribution in [0.1, 0.15) is 110 Å². The van der Waals surface area contributed by atoms with Crippen molar-refractivity contribution in [3.8, 4) is 0 Å². The standard InChI is InChI=1S/C18H39N.ClH/c1-3-5-7-8-9-10-11-12-13-15-17-18(19)16-14-6-4-2;/h18H,3-17,19H2,1-2H3;1H. The normalized spacial score (nSPS) is 12.2. The molecule has 2 N–H and O–H groups in total. The van der Waals surface area contributed by atoms with Crippen molar-refractivity contribution in [2.45, 2.75) is 116 Å². The molecule has 1 nitrogen and oxygen atoms in total. The van der Waals surface area contributed by atoms with Crippen molar-refractivity contribution in [1.29, 1.82) is 0 Å². The highest BCUT2D eigenvalue weighted by atomic mass is 35.5. The molecule has 20 heavy (non-hydrogen) atoms. The summed E-state index contributed by atoms with van der Waals surface area (Å²) in [7, 11) is 0. The minimum Gasteiger partial charge on any atom is -0.328 e. The molecule has 0 fully saturated rings. The molecule has 0 aliphatic carbocycles. The van der Waals surface area contributed by atoms with Crippen LogP contribution in [0.4, 0.5) is 0 Å². The van der Waals surface area contributed by atoms with Gasteiger partial charge in [-0.25, -0.2) is 0 Å². The average molecular weight is 306 g/mol. The van der Waals surface area contributed by atoms with E-state index in [4.69, 9.17) is 5.73 Å². The maximum atomic E-state index is 6.12. The van der Waals surface area contributed by atoms with Gasteiger partial charge in [-0.1, -0.05) is 97.3 Å². The Morgan fingerprint density at radius 1 is 0.550 bits per heavy atom. The van der Waals surface area contributed by atoms with Crippen LogP contribution in [0.15, 0.2) is 0 Å². The number of nitrogens with two attached hydrogens (primary N) is 1. The van der Waals surface area contributed by atoms with E-state index >= 15 is 0 Å². The molecular formula is C18H40ClN. The van der Waals surface area contributed by atoms with Gasteiger partial charge >= 0.3 is 0 Å². The summed E-state index contributed by atoms with van der Waals surface area (Å²) in [6.45, 7) is 4.54. The second-order valence-corrected chi connectivity index (χ2v) is 6.23. The summed E-state index contributed by atoms with van der Waals surface area (Å²) >= 11 is 0. The number of halogens is 1. The Bertz CT molecular complexity index is 161. The van der Waals surface area contributed by atoms with Gasteiger partial charge in [-0.15, -0.1) is 12.4 Å². The topological polar surface area (TPSA) is 26.0 Å². The van der Waals surface area contributed by atoms with Gasteiger partial charge in [-0.2, -0.15) is 0 Å². The molecule has 0 radical (unpaired) electrons. The Labute approximate surface area is 134 Å². The molecule has 0 spiro atoms. The Balaban J connectivity index is 0. The SMILES string of the molecule is CCCCCCCCCCCCC(N)CCCCC.Cl. The minimum atomic E-state index is 0. The van der Waals surface area contributed by atoms with E-state index in [1.807, 2.05) is 0 Å². The van der Waals surface area contributed by atoms with Crippen molar-refractivity contribution in [2.75, 3.05) is 0 Å². The van der Waals surface area contributed by atoms with E-state index in [0.29, 0.717) is 6.04 Å². The van der Waals surface area contributed by atoms with Crippen LogP contribution in [0.3, 0.4) is 0 Å². The molecule has 0 rings (SSSR count). The lowest BCUT2D eigenvalue weighted by Crippen LogP contribution is -2.19. The third kappa shape index (κ3) is 18.2. The zero-order valence-corrected chi connectivity index (χ0v) is 15.0. The molecule has 0 aliphatic heterocycles. The quantitative estimate of drug-likeness (QED) is 0.338. The van der Waals surface area contributed by atoms with Crippen LogP contribution in [0.5, 0.6) is 0 Å². The Morgan fingerprint density at radius 2 is 0.850 bits per heavy atom. The van der Waals surface area contributed by atoms with E-state index in [1.54, 1.807) is 0 Å². The van der Waals surface area contributed by atoms with Gasteiger partial charge in [0.05, 0.1) is 0 Å². The zero-order valence-electron chi connectivity index (χ0n) is 14.2. The molecule has 0 heterocycles. The van der Waals surface area contributed by atoms with E-state index in [0.717, 1.165) is 0 Å². The van der Waals surface area contributed by atoms with Gasteiger partial charge in [0, 0.05) is 6.04 Å². The van der Waals surface area contributed by atoms with E-state index < -0.39 is 0 Å². The third-order valence-electron chi connectivity index (χ3n) is 4.11.